The van der Waals surface area contributed by atoms with E-state index in [4.69, 9.17) is 4.42 Å². The highest BCUT2D eigenvalue weighted by Gasteiger charge is 2.21. The zero-order valence-corrected chi connectivity index (χ0v) is 9.41. The van der Waals surface area contributed by atoms with E-state index in [9.17, 15) is 4.79 Å². The SMILES string of the molecule is CN1CCN(C(=O)c2ccco2)CC1.[Cl-]. The molecule has 1 fully saturated rings. The van der Waals surface area contributed by atoms with Crippen LogP contribution in [0, 0.1) is 0 Å². The van der Waals surface area contributed by atoms with E-state index in [2.05, 4.69) is 11.9 Å². The Morgan fingerprint density at radius 3 is 2.53 bits per heavy atom. The van der Waals surface area contributed by atoms with Crippen LogP contribution >= 0.6 is 0 Å². The summed E-state index contributed by atoms with van der Waals surface area (Å²) in [5.74, 6) is 0.442. The standard InChI is InChI=1S/C10H14N2O2.ClH/c1-11-4-6-12(7-5-11)10(13)9-3-2-8-14-9;/h2-3,8H,4-7H2,1H3;1H/p-1. The molecule has 0 atom stereocenters. The fraction of sp³-hybridized carbons (Fsp3) is 0.500. The number of piperazine rings is 1. The van der Waals surface area contributed by atoms with E-state index in [0.717, 1.165) is 26.2 Å². The maximum Gasteiger partial charge on any atom is 0.289 e. The van der Waals surface area contributed by atoms with Gasteiger partial charge in [-0.1, -0.05) is 0 Å². The highest BCUT2D eigenvalue weighted by atomic mass is 35.5. The van der Waals surface area contributed by atoms with Gasteiger partial charge in [0.15, 0.2) is 5.76 Å². The lowest BCUT2D eigenvalue weighted by Gasteiger charge is -2.31. The van der Waals surface area contributed by atoms with Gasteiger partial charge in [0.25, 0.3) is 5.91 Å². The van der Waals surface area contributed by atoms with Gasteiger partial charge in [0, 0.05) is 26.2 Å². The van der Waals surface area contributed by atoms with Crippen molar-refractivity contribution in [3.63, 3.8) is 0 Å². The van der Waals surface area contributed by atoms with Crippen LogP contribution in [0.4, 0.5) is 0 Å². The normalized spacial score (nSPS) is 17.3. The van der Waals surface area contributed by atoms with Gasteiger partial charge in [-0.15, -0.1) is 0 Å². The molecule has 4 nitrogen and oxygen atoms in total. The van der Waals surface area contributed by atoms with E-state index in [-0.39, 0.29) is 18.3 Å². The number of furan rings is 1. The number of halogens is 1. The molecule has 1 saturated heterocycles. The van der Waals surface area contributed by atoms with E-state index >= 15 is 0 Å². The molecule has 1 aromatic heterocycles. The number of hydrogen-bond acceptors (Lipinski definition) is 3. The third kappa shape index (κ3) is 2.73. The Morgan fingerprint density at radius 1 is 1.33 bits per heavy atom. The lowest BCUT2D eigenvalue weighted by Crippen LogP contribution is -3.00. The van der Waals surface area contributed by atoms with Gasteiger partial charge in [-0.05, 0) is 19.2 Å². The Hall–Kier alpha value is -1.00. The molecule has 0 aliphatic carbocycles. The van der Waals surface area contributed by atoms with Crippen molar-refractivity contribution in [1.29, 1.82) is 0 Å². The quantitative estimate of drug-likeness (QED) is 0.542. The summed E-state index contributed by atoms with van der Waals surface area (Å²) in [5.41, 5.74) is 0. The zero-order valence-electron chi connectivity index (χ0n) is 8.65. The first kappa shape index (κ1) is 12.1. The lowest BCUT2D eigenvalue weighted by atomic mass is 10.3. The minimum Gasteiger partial charge on any atom is -1.00 e. The van der Waals surface area contributed by atoms with Gasteiger partial charge >= 0.3 is 0 Å². The van der Waals surface area contributed by atoms with Crippen molar-refractivity contribution in [3.8, 4) is 0 Å². The summed E-state index contributed by atoms with van der Waals surface area (Å²) in [6.07, 6.45) is 1.53. The van der Waals surface area contributed by atoms with Crippen molar-refractivity contribution in [1.82, 2.24) is 9.80 Å². The van der Waals surface area contributed by atoms with E-state index < -0.39 is 0 Å². The third-order valence-corrected chi connectivity index (χ3v) is 2.52. The Kier molecular flexibility index (Phi) is 4.17. The molecule has 0 radical (unpaired) electrons. The fourth-order valence-corrected chi connectivity index (χ4v) is 1.57. The molecule has 0 N–H and O–H groups in total. The largest absolute Gasteiger partial charge is 1.00 e. The predicted octanol–water partition coefficient (Wildman–Crippen LogP) is -2.33. The molecule has 1 aliphatic heterocycles. The molecule has 0 aromatic carbocycles. The van der Waals surface area contributed by atoms with Crippen LogP contribution in [-0.2, 0) is 0 Å². The van der Waals surface area contributed by atoms with E-state index in [1.807, 2.05) is 4.90 Å². The number of amides is 1. The highest BCUT2D eigenvalue weighted by Crippen LogP contribution is 2.08. The molecule has 0 spiro atoms. The summed E-state index contributed by atoms with van der Waals surface area (Å²) < 4.78 is 5.07. The van der Waals surface area contributed by atoms with Crippen LogP contribution in [0.1, 0.15) is 10.6 Å². The van der Waals surface area contributed by atoms with Gasteiger partial charge in [-0.2, -0.15) is 0 Å². The summed E-state index contributed by atoms with van der Waals surface area (Å²) >= 11 is 0. The summed E-state index contributed by atoms with van der Waals surface area (Å²) in [7, 11) is 2.06. The second kappa shape index (κ2) is 5.19. The van der Waals surface area contributed by atoms with Gasteiger partial charge in [0.2, 0.25) is 0 Å². The molecule has 84 valence electrons. The van der Waals surface area contributed by atoms with Crippen LogP contribution in [0.2, 0.25) is 0 Å². The van der Waals surface area contributed by atoms with E-state index in [1.165, 1.54) is 6.26 Å². The van der Waals surface area contributed by atoms with Gasteiger partial charge in [-0.3, -0.25) is 4.79 Å². The summed E-state index contributed by atoms with van der Waals surface area (Å²) in [6, 6.07) is 3.45. The number of nitrogens with zero attached hydrogens (tertiary/aromatic N) is 2. The second-order valence-corrected chi connectivity index (χ2v) is 3.57. The van der Waals surface area contributed by atoms with Crippen molar-refractivity contribution in [2.45, 2.75) is 0 Å². The molecule has 0 saturated carbocycles. The summed E-state index contributed by atoms with van der Waals surface area (Å²) in [5, 5.41) is 0. The smallest absolute Gasteiger partial charge is 0.289 e. The average Bonchev–Trinajstić information content (AvgIpc) is 2.71. The Balaban J connectivity index is 0.00000112. The van der Waals surface area contributed by atoms with Crippen molar-refractivity contribution in [2.24, 2.45) is 0 Å². The maximum absolute atomic E-state index is 11.8. The van der Waals surface area contributed by atoms with E-state index in [0.29, 0.717) is 5.76 Å². The van der Waals surface area contributed by atoms with Crippen LogP contribution < -0.4 is 12.4 Å². The molecule has 1 aromatic rings. The summed E-state index contributed by atoms with van der Waals surface area (Å²) in [4.78, 5) is 15.8. The molecule has 5 heteroatoms. The van der Waals surface area contributed by atoms with Gasteiger partial charge < -0.3 is 26.6 Å². The first-order valence-corrected chi connectivity index (χ1v) is 4.79. The molecular formula is C10H14ClN2O2-. The third-order valence-electron chi connectivity index (χ3n) is 2.52. The number of carbonyl (C=O) groups is 1. The van der Waals surface area contributed by atoms with Crippen molar-refractivity contribution < 1.29 is 21.6 Å². The topological polar surface area (TPSA) is 36.7 Å². The molecule has 0 bridgehead atoms. The minimum atomic E-state index is 0. The zero-order chi connectivity index (χ0) is 9.97. The van der Waals surface area contributed by atoms with Crippen LogP contribution in [0.3, 0.4) is 0 Å². The molecule has 1 aliphatic rings. The monoisotopic (exact) mass is 229 g/mol. The average molecular weight is 230 g/mol. The number of likely N-dealkylation sites (N-methyl/N-ethyl adjacent to an activating group) is 1. The Labute approximate surface area is 95.2 Å². The lowest BCUT2D eigenvalue weighted by molar-refractivity contribution is -0.0000136. The molecule has 15 heavy (non-hydrogen) atoms. The molecule has 0 unspecified atom stereocenters. The van der Waals surface area contributed by atoms with Crippen LogP contribution in [-0.4, -0.2) is 48.9 Å². The van der Waals surface area contributed by atoms with Crippen LogP contribution in [0.15, 0.2) is 22.8 Å². The van der Waals surface area contributed by atoms with Crippen molar-refractivity contribution in [2.75, 3.05) is 33.2 Å². The number of carbonyl (C=O) groups excluding carboxylic acids is 1. The predicted molar refractivity (Wildman–Crippen MR) is 52.1 cm³/mol. The molecular weight excluding hydrogens is 216 g/mol. The summed E-state index contributed by atoms with van der Waals surface area (Å²) in [6.45, 7) is 3.45. The van der Waals surface area contributed by atoms with Crippen molar-refractivity contribution in [3.05, 3.63) is 24.2 Å². The highest BCUT2D eigenvalue weighted by molar-refractivity contribution is 5.91. The first-order valence-electron chi connectivity index (χ1n) is 4.79. The minimum absolute atomic E-state index is 0. The van der Waals surface area contributed by atoms with Gasteiger partial charge in [0.05, 0.1) is 6.26 Å². The van der Waals surface area contributed by atoms with E-state index in [1.54, 1.807) is 12.1 Å². The Morgan fingerprint density at radius 2 is 2.00 bits per heavy atom. The molecule has 2 rings (SSSR count). The maximum atomic E-state index is 11.8. The van der Waals surface area contributed by atoms with Crippen LogP contribution in [0.5, 0.6) is 0 Å². The second-order valence-electron chi connectivity index (χ2n) is 3.57. The number of hydrogen-bond donors (Lipinski definition) is 0. The number of rotatable bonds is 1. The Bertz CT molecular complexity index is 305. The van der Waals surface area contributed by atoms with Gasteiger partial charge in [-0.25, -0.2) is 0 Å². The first-order chi connectivity index (χ1) is 6.77. The van der Waals surface area contributed by atoms with Crippen molar-refractivity contribution >= 4 is 5.91 Å². The van der Waals surface area contributed by atoms with Gasteiger partial charge in [0.1, 0.15) is 0 Å². The molecule has 1 amide bonds. The van der Waals surface area contributed by atoms with Crippen LogP contribution in [0.25, 0.3) is 0 Å². The fourth-order valence-electron chi connectivity index (χ4n) is 1.57. The molecule has 2 heterocycles.